The maximum absolute atomic E-state index is 13.9. The summed E-state index contributed by atoms with van der Waals surface area (Å²) in [5.74, 6) is 1.15. The summed E-state index contributed by atoms with van der Waals surface area (Å²) < 4.78 is 13.9. The van der Waals surface area contributed by atoms with Crippen molar-refractivity contribution in [1.29, 1.82) is 0 Å². The molecule has 0 aromatic heterocycles. The van der Waals surface area contributed by atoms with Crippen molar-refractivity contribution in [3.63, 3.8) is 0 Å². The highest BCUT2D eigenvalue weighted by atomic mass is 19.1. The molecule has 1 heterocycles. The van der Waals surface area contributed by atoms with Crippen LogP contribution in [0.15, 0.2) is 24.3 Å². The number of benzene rings is 1. The molecular formula is C25H32FN3O3. The summed E-state index contributed by atoms with van der Waals surface area (Å²) in [5.41, 5.74) is -0.157. The first kappa shape index (κ1) is 21.4. The van der Waals surface area contributed by atoms with Gasteiger partial charge >= 0.3 is 0 Å². The Morgan fingerprint density at radius 2 is 1.56 bits per heavy atom. The highest BCUT2D eigenvalue weighted by Gasteiger charge is 2.54. The number of amides is 3. The zero-order valence-corrected chi connectivity index (χ0v) is 18.4. The molecule has 2 N–H and O–H groups in total. The van der Waals surface area contributed by atoms with Crippen LogP contribution >= 0.6 is 0 Å². The van der Waals surface area contributed by atoms with Gasteiger partial charge in [0.15, 0.2) is 0 Å². The van der Waals surface area contributed by atoms with E-state index in [2.05, 4.69) is 10.6 Å². The van der Waals surface area contributed by atoms with Crippen molar-refractivity contribution in [2.24, 2.45) is 23.2 Å². The smallest absolute Gasteiger partial charge is 0.256 e. The molecule has 0 unspecified atom stereocenters. The average molecular weight is 442 g/mol. The fourth-order valence-electron chi connectivity index (χ4n) is 7.05. The Balaban J connectivity index is 1.07. The van der Waals surface area contributed by atoms with Crippen LogP contribution in [0.1, 0.15) is 61.7 Å². The van der Waals surface area contributed by atoms with E-state index in [1.54, 1.807) is 17.0 Å². The SMILES string of the molecule is O=C(CNC(=O)C12CC3CC(CC(C3)C1)C2)NC1CCN(C(=O)c2ccccc2F)CC1. The monoisotopic (exact) mass is 441 g/mol. The lowest BCUT2D eigenvalue weighted by Crippen LogP contribution is -2.55. The predicted molar refractivity (Wildman–Crippen MR) is 117 cm³/mol. The molecule has 0 atom stereocenters. The molecule has 4 bridgehead atoms. The first-order valence-corrected chi connectivity index (χ1v) is 12.0. The minimum Gasteiger partial charge on any atom is -0.352 e. The molecule has 5 aliphatic rings. The van der Waals surface area contributed by atoms with E-state index in [9.17, 15) is 18.8 Å². The highest BCUT2D eigenvalue weighted by molar-refractivity contribution is 5.94. The van der Waals surface area contributed by atoms with E-state index in [1.807, 2.05) is 0 Å². The van der Waals surface area contributed by atoms with Gasteiger partial charge in [-0.05, 0) is 81.3 Å². The second kappa shape index (κ2) is 8.49. The standard InChI is InChI=1S/C25H32FN3O3/c26-21-4-2-1-3-20(21)23(31)29-7-5-19(6-8-29)28-22(30)15-27-24(32)25-12-16-9-17(13-25)11-18(10-16)14-25/h1-4,16-19H,5-15H2,(H,27,32)(H,28,30). The van der Waals surface area contributed by atoms with Gasteiger partial charge in [-0.25, -0.2) is 4.39 Å². The Hall–Kier alpha value is -2.44. The molecule has 6 nitrogen and oxygen atoms in total. The van der Waals surface area contributed by atoms with Crippen LogP contribution in [0.3, 0.4) is 0 Å². The van der Waals surface area contributed by atoms with Crippen molar-refractivity contribution in [1.82, 2.24) is 15.5 Å². The van der Waals surface area contributed by atoms with Crippen molar-refractivity contribution < 1.29 is 18.8 Å². The molecule has 1 aliphatic heterocycles. The highest BCUT2D eigenvalue weighted by Crippen LogP contribution is 2.60. The second-order valence-corrected chi connectivity index (χ2v) is 10.5. The molecular weight excluding hydrogens is 409 g/mol. The summed E-state index contributed by atoms with van der Waals surface area (Å²) in [4.78, 5) is 39.7. The number of carbonyl (C=O) groups is 3. The van der Waals surface area contributed by atoms with E-state index >= 15 is 0 Å². The van der Waals surface area contributed by atoms with Gasteiger partial charge in [-0.3, -0.25) is 14.4 Å². The quantitative estimate of drug-likeness (QED) is 0.738. The van der Waals surface area contributed by atoms with Gasteiger partial charge in [-0.15, -0.1) is 0 Å². The number of halogens is 1. The molecule has 32 heavy (non-hydrogen) atoms. The van der Waals surface area contributed by atoms with Gasteiger partial charge in [0.2, 0.25) is 11.8 Å². The summed E-state index contributed by atoms with van der Waals surface area (Å²) in [6.45, 7) is 0.949. The van der Waals surface area contributed by atoms with E-state index in [1.165, 1.54) is 31.4 Å². The summed E-state index contributed by atoms with van der Waals surface area (Å²) >= 11 is 0. The summed E-state index contributed by atoms with van der Waals surface area (Å²) in [6, 6.07) is 5.97. The van der Waals surface area contributed by atoms with Gasteiger partial charge in [-0.2, -0.15) is 0 Å². The van der Waals surface area contributed by atoms with Crippen molar-refractivity contribution >= 4 is 17.7 Å². The third kappa shape index (κ3) is 4.14. The lowest BCUT2D eigenvalue weighted by molar-refractivity contribution is -0.147. The van der Waals surface area contributed by atoms with Crippen LogP contribution in [-0.4, -0.2) is 48.3 Å². The Labute approximate surface area is 188 Å². The van der Waals surface area contributed by atoms with Crippen LogP contribution in [0.5, 0.6) is 0 Å². The van der Waals surface area contributed by atoms with Crippen LogP contribution < -0.4 is 10.6 Å². The molecule has 0 spiro atoms. The summed E-state index contributed by atoms with van der Waals surface area (Å²) in [6.07, 6.45) is 8.05. The number of likely N-dealkylation sites (tertiary alicyclic amines) is 1. The van der Waals surface area contributed by atoms with E-state index in [-0.39, 0.29) is 41.3 Å². The van der Waals surface area contributed by atoms with Gasteiger partial charge in [-0.1, -0.05) is 12.1 Å². The molecule has 4 aliphatic carbocycles. The number of nitrogens with one attached hydrogen (secondary N) is 2. The number of piperidine rings is 1. The van der Waals surface area contributed by atoms with E-state index in [0.29, 0.717) is 43.7 Å². The zero-order valence-electron chi connectivity index (χ0n) is 18.4. The van der Waals surface area contributed by atoms with E-state index in [0.717, 1.165) is 19.3 Å². The topological polar surface area (TPSA) is 78.5 Å². The van der Waals surface area contributed by atoms with Crippen LogP contribution in [-0.2, 0) is 9.59 Å². The van der Waals surface area contributed by atoms with Crippen LogP contribution in [0.2, 0.25) is 0 Å². The minimum absolute atomic E-state index is 0.00888. The molecule has 6 rings (SSSR count). The van der Waals surface area contributed by atoms with E-state index in [4.69, 9.17) is 0 Å². The molecule has 1 saturated heterocycles. The lowest BCUT2D eigenvalue weighted by atomic mass is 9.49. The summed E-state index contributed by atoms with van der Waals surface area (Å²) in [7, 11) is 0. The maximum atomic E-state index is 13.9. The van der Waals surface area contributed by atoms with Gasteiger partial charge in [0, 0.05) is 24.5 Å². The van der Waals surface area contributed by atoms with Crippen molar-refractivity contribution in [2.75, 3.05) is 19.6 Å². The van der Waals surface area contributed by atoms with Crippen molar-refractivity contribution in [2.45, 2.75) is 57.4 Å². The fourth-order valence-corrected chi connectivity index (χ4v) is 7.05. The molecule has 5 fully saturated rings. The third-order valence-corrected chi connectivity index (χ3v) is 8.18. The number of hydrogen-bond donors (Lipinski definition) is 2. The Kier molecular flexibility index (Phi) is 5.68. The number of carbonyl (C=O) groups excluding carboxylic acids is 3. The second-order valence-electron chi connectivity index (χ2n) is 10.5. The third-order valence-electron chi connectivity index (χ3n) is 8.18. The zero-order chi connectivity index (χ0) is 22.3. The molecule has 4 saturated carbocycles. The molecule has 0 radical (unpaired) electrons. The van der Waals surface area contributed by atoms with Crippen LogP contribution in [0.25, 0.3) is 0 Å². The molecule has 7 heteroatoms. The number of rotatable bonds is 5. The first-order chi connectivity index (χ1) is 15.4. The fraction of sp³-hybridized carbons (Fsp3) is 0.640. The summed E-state index contributed by atoms with van der Waals surface area (Å²) in [5, 5.41) is 5.92. The van der Waals surface area contributed by atoms with Crippen LogP contribution in [0.4, 0.5) is 4.39 Å². The normalized spacial score (nSPS) is 31.4. The first-order valence-electron chi connectivity index (χ1n) is 12.0. The number of nitrogens with zero attached hydrogens (tertiary/aromatic N) is 1. The van der Waals surface area contributed by atoms with Crippen molar-refractivity contribution in [3.8, 4) is 0 Å². The number of hydrogen-bond acceptors (Lipinski definition) is 3. The van der Waals surface area contributed by atoms with Gasteiger partial charge in [0.25, 0.3) is 5.91 Å². The van der Waals surface area contributed by atoms with Gasteiger partial charge in [0.1, 0.15) is 5.82 Å². The van der Waals surface area contributed by atoms with Gasteiger partial charge < -0.3 is 15.5 Å². The molecule has 1 aromatic carbocycles. The lowest BCUT2D eigenvalue weighted by Gasteiger charge is -2.55. The average Bonchev–Trinajstić information content (AvgIpc) is 2.77. The van der Waals surface area contributed by atoms with Gasteiger partial charge in [0.05, 0.1) is 12.1 Å². The molecule has 172 valence electrons. The Morgan fingerprint density at radius 1 is 0.969 bits per heavy atom. The molecule has 1 aromatic rings. The maximum Gasteiger partial charge on any atom is 0.256 e. The predicted octanol–water partition coefficient (Wildman–Crippen LogP) is 2.88. The van der Waals surface area contributed by atoms with Crippen LogP contribution in [0, 0.1) is 29.0 Å². The Bertz CT molecular complexity index is 874. The largest absolute Gasteiger partial charge is 0.352 e. The van der Waals surface area contributed by atoms with Crippen molar-refractivity contribution in [3.05, 3.63) is 35.6 Å². The van der Waals surface area contributed by atoms with E-state index < -0.39 is 5.82 Å². The minimum atomic E-state index is -0.511. The molecule has 3 amide bonds. The Morgan fingerprint density at radius 3 is 2.16 bits per heavy atom.